The van der Waals surface area contributed by atoms with Gasteiger partial charge in [-0.05, 0) is 6.92 Å². The Balaban J connectivity index is 4.15. The molecule has 0 fully saturated rings. The summed E-state index contributed by atoms with van der Waals surface area (Å²) in [7, 11) is 0. The summed E-state index contributed by atoms with van der Waals surface area (Å²) in [6, 6.07) is 0. The molecule has 0 rings (SSSR count). The third-order valence-electron chi connectivity index (χ3n) is 1.78. The summed E-state index contributed by atoms with van der Waals surface area (Å²) in [5.41, 5.74) is 0. The maximum Gasteiger partial charge on any atom is 0.111 e. The standard InChI is InChI=1S/C7H16O6/c1-3(9)5(11)7(13)6(12)4(10)2-8/h3-13H,2H2,1H3/t3?,4-,5-,6+,7+/m0/s1. The van der Waals surface area contributed by atoms with Crippen molar-refractivity contribution < 1.29 is 30.6 Å². The summed E-state index contributed by atoms with van der Waals surface area (Å²) in [5, 5.41) is 53.4. The molecule has 0 bridgehead atoms. The first kappa shape index (κ1) is 12.8. The molecule has 0 spiro atoms. The third kappa shape index (κ3) is 3.55. The Bertz CT molecular complexity index is 139. The third-order valence-corrected chi connectivity index (χ3v) is 1.78. The molecule has 0 aromatic carbocycles. The van der Waals surface area contributed by atoms with Gasteiger partial charge < -0.3 is 30.6 Å². The zero-order valence-electron chi connectivity index (χ0n) is 7.28. The fourth-order valence-electron chi connectivity index (χ4n) is 0.823. The maximum absolute atomic E-state index is 9.13. The van der Waals surface area contributed by atoms with E-state index in [1.165, 1.54) is 6.92 Å². The number of rotatable bonds is 5. The van der Waals surface area contributed by atoms with Crippen molar-refractivity contribution in [2.24, 2.45) is 0 Å². The molecular weight excluding hydrogens is 180 g/mol. The largest absolute Gasteiger partial charge is 0.394 e. The molecule has 0 saturated carbocycles. The predicted molar refractivity (Wildman–Crippen MR) is 42.8 cm³/mol. The van der Waals surface area contributed by atoms with Crippen LogP contribution in [0.1, 0.15) is 6.92 Å². The van der Waals surface area contributed by atoms with Crippen molar-refractivity contribution in [1.82, 2.24) is 0 Å². The highest BCUT2D eigenvalue weighted by molar-refractivity contribution is 4.82. The van der Waals surface area contributed by atoms with Crippen LogP contribution < -0.4 is 0 Å². The lowest BCUT2D eigenvalue weighted by molar-refractivity contribution is -0.137. The maximum atomic E-state index is 9.13. The van der Waals surface area contributed by atoms with Crippen LogP contribution in [0.5, 0.6) is 0 Å². The minimum absolute atomic E-state index is 0.731. The molecule has 1 unspecified atom stereocenters. The van der Waals surface area contributed by atoms with Crippen LogP contribution in [0.2, 0.25) is 0 Å². The van der Waals surface area contributed by atoms with Gasteiger partial charge in [-0.1, -0.05) is 0 Å². The van der Waals surface area contributed by atoms with E-state index in [1.54, 1.807) is 0 Å². The molecule has 13 heavy (non-hydrogen) atoms. The topological polar surface area (TPSA) is 121 Å². The van der Waals surface area contributed by atoms with Gasteiger partial charge in [-0.2, -0.15) is 0 Å². The summed E-state index contributed by atoms with van der Waals surface area (Å²) in [5.74, 6) is 0. The van der Waals surface area contributed by atoms with Gasteiger partial charge in [-0.3, -0.25) is 0 Å². The van der Waals surface area contributed by atoms with Crippen molar-refractivity contribution >= 4 is 0 Å². The van der Waals surface area contributed by atoms with Gasteiger partial charge in [0, 0.05) is 0 Å². The highest BCUT2D eigenvalue weighted by Crippen LogP contribution is 2.07. The van der Waals surface area contributed by atoms with E-state index in [4.69, 9.17) is 30.6 Å². The van der Waals surface area contributed by atoms with Crippen molar-refractivity contribution in [3.63, 3.8) is 0 Å². The average Bonchev–Trinajstić information content (AvgIpc) is 2.12. The molecule has 6 heteroatoms. The Labute approximate surface area is 75.7 Å². The normalized spacial score (nSPS) is 23.3. The molecular formula is C7H16O6. The summed E-state index contributed by atoms with van der Waals surface area (Å²) in [6.45, 7) is 0.497. The van der Waals surface area contributed by atoms with Gasteiger partial charge in [0.25, 0.3) is 0 Å². The minimum atomic E-state index is -1.69. The summed E-state index contributed by atoms with van der Waals surface area (Å²) < 4.78 is 0. The van der Waals surface area contributed by atoms with Crippen molar-refractivity contribution in [3.8, 4) is 0 Å². The first-order chi connectivity index (χ1) is 5.91. The van der Waals surface area contributed by atoms with Crippen LogP contribution in [0.15, 0.2) is 0 Å². The first-order valence-electron chi connectivity index (χ1n) is 3.93. The Morgan fingerprint density at radius 1 is 0.846 bits per heavy atom. The Kier molecular flexibility index (Phi) is 5.38. The monoisotopic (exact) mass is 196 g/mol. The smallest absolute Gasteiger partial charge is 0.111 e. The molecule has 0 radical (unpaired) electrons. The number of aliphatic hydroxyl groups is 6. The van der Waals surface area contributed by atoms with Crippen LogP contribution in [-0.2, 0) is 0 Å². The summed E-state index contributed by atoms with van der Waals surface area (Å²) in [6.07, 6.45) is -7.70. The Morgan fingerprint density at radius 2 is 1.31 bits per heavy atom. The zero-order chi connectivity index (χ0) is 10.6. The molecule has 0 aliphatic rings. The van der Waals surface area contributed by atoms with E-state index in [2.05, 4.69) is 0 Å². The SMILES string of the molecule is CC(O)[C@H](O)[C@@H](O)[C@H](O)[C@@H](O)CO. The van der Waals surface area contributed by atoms with Gasteiger partial charge in [-0.25, -0.2) is 0 Å². The lowest BCUT2D eigenvalue weighted by Gasteiger charge is -2.26. The van der Waals surface area contributed by atoms with E-state index >= 15 is 0 Å². The van der Waals surface area contributed by atoms with Gasteiger partial charge in [0.15, 0.2) is 0 Å². The molecule has 6 N–H and O–H groups in total. The van der Waals surface area contributed by atoms with E-state index in [-0.39, 0.29) is 0 Å². The lowest BCUT2D eigenvalue weighted by Crippen LogP contribution is -2.49. The fraction of sp³-hybridized carbons (Fsp3) is 1.00. The molecule has 0 saturated heterocycles. The van der Waals surface area contributed by atoms with Crippen LogP contribution in [0.3, 0.4) is 0 Å². The Morgan fingerprint density at radius 3 is 1.62 bits per heavy atom. The van der Waals surface area contributed by atoms with Crippen molar-refractivity contribution in [3.05, 3.63) is 0 Å². The average molecular weight is 196 g/mol. The van der Waals surface area contributed by atoms with E-state index < -0.39 is 37.1 Å². The molecule has 0 aliphatic heterocycles. The lowest BCUT2D eigenvalue weighted by atomic mass is 10.0. The quantitative estimate of drug-likeness (QED) is 0.275. The van der Waals surface area contributed by atoms with E-state index in [0.717, 1.165) is 0 Å². The van der Waals surface area contributed by atoms with Crippen molar-refractivity contribution in [1.29, 1.82) is 0 Å². The van der Waals surface area contributed by atoms with Crippen molar-refractivity contribution in [2.45, 2.75) is 37.4 Å². The van der Waals surface area contributed by atoms with Crippen molar-refractivity contribution in [2.75, 3.05) is 6.61 Å². The second kappa shape index (κ2) is 5.48. The van der Waals surface area contributed by atoms with Gasteiger partial charge >= 0.3 is 0 Å². The van der Waals surface area contributed by atoms with Crippen LogP contribution >= 0.6 is 0 Å². The molecule has 0 aromatic rings. The zero-order valence-corrected chi connectivity index (χ0v) is 7.28. The molecule has 0 heterocycles. The number of hydrogen-bond acceptors (Lipinski definition) is 6. The van der Waals surface area contributed by atoms with E-state index in [0.29, 0.717) is 0 Å². The Hall–Kier alpha value is -0.240. The first-order valence-corrected chi connectivity index (χ1v) is 3.93. The molecule has 5 atom stereocenters. The summed E-state index contributed by atoms with van der Waals surface area (Å²) in [4.78, 5) is 0. The van der Waals surface area contributed by atoms with E-state index in [9.17, 15) is 0 Å². The van der Waals surface area contributed by atoms with Gasteiger partial charge in [0.2, 0.25) is 0 Å². The molecule has 0 aliphatic carbocycles. The second-order valence-electron chi connectivity index (χ2n) is 2.96. The van der Waals surface area contributed by atoms with Crippen LogP contribution in [0.4, 0.5) is 0 Å². The molecule has 0 amide bonds. The molecule has 6 nitrogen and oxygen atoms in total. The number of hydrogen-bond donors (Lipinski definition) is 6. The van der Waals surface area contributed by atoms with Gasteiger partial charge in [0.05, 0.1) is 12.7 Å². The number of aliphatic hydroxyl groups excluding tert-OH is 6. The summed E-state index contributed by atoms with van der Waals surface area (Å²) >= 11 is 0. The van der Waals surface area contributed by atoms with Crippen LogP contribution in [0.25, 0.3) is 0 Å². The molecule has 0 aromatic heterocycles. The second-order valence-corrected chi connectivity index (χ2v) is 2.96. The van der Waals surface area contributed by atoms with E-state index in [1.807, 2.05) is 0 Å². The van der Waals surface area contributed by atoms with Crippen LogP contribution in [-0.4, -0.2) is 67.8 Å². The molecule has 80 valence electrons. The predicted octanol–water partition coefficient (Wildman–Crippen LogP) is -3.20. The fourth-order valence-corrected chi connectivity index (χ4v) is 0.823. The highest BCUT2D eigenvalue weighted by atomic mass is 16.4. The van der Waals surface area contributed by atoms with Gasteiger partial charge in [-0.15, -0.1) is 0 Å². The van der Waals surface area contributed by atoms with Crippen LogP contribution in [0, 0.1) is 0 Å². The highest BCUT2D eigenvalue weighted by Gasteiger charge is 2.32. The van der Waals surface area contributed by atoms with Gasteiger partial charge in [0.1, 0.15) is 24.4 Å². The minimum Gasteiger partial charge on any atom is -0.394 e.